The van der Waals surface area contributed by atoms with E-state index < -0.39 is 35.0 Å². The van der Waals surface area contributed by atoms with E-state index in [0.717, 1.165) is 19.5 Å². The minimum atomic E-state index is -5.02. The minimum absolute atomic E-state index is 0.0472. The lowest BCUT2D eigenvalue weighted by Crippen LogP contribution is -2.41. The highest BCUT2D eigenvalue weighted by molar-refractivity contribution is 14.1. The highest BCUT2D eigenvalue weighted by atomic mass is 127. The smallest absolute Gasteiger partial charge is 0.434 e. The fourth-order valence-corrected chi connectivity index (χ4v) is 6.64. The number of hydrogen-bond acceptors (Lipinski definition) is 7. The van der Waals surface area contributed by atoms with E-state index >= 15 is 0 Å². The number of alkyl halides is 3. The first-order valence-corrected chi connectivity index (χ1v) is 15.9. The summed E-state index contributed by atoms with van der Waals surface area (Å²) in [7, 11) is 1.47. The number of carbonyl (C=O) groups excluding carboxylic acids is 1. The predicted octanol–water partition coefficient (Wildman–Crippen LogP) is 6.84. The number of thiazole rings is 1. The van der Waals surface area contributed by atoms with Crippen molar-refractivity contribution in [3.05, 3.63) is 122 Å². The molecule has 0 fully saturated rings. The number of nitrogens with zero attached hydrogens (tertiary/aromatic N) is 2. The number of methoxy groups -OCH3 is 1. The second-order valence-corrected chi connectivity index (χ2v) is 12.6. The van der Waals surface area contributed by atoms with Crippen molar-refractivity contribution < 1.29 is 32.2 Å². The number of halogens is 6. The van der Waals surface area contributed by atoms with Crippen LogP contribution in [0.4, 0.5) is 13.2 Å². The van der Waals surface area contributed by atoms with Crippen LogP contribution in [0.1, 0.15) is 29.7 Å². The lowest BCUT2D eigenvalue weighted by Gasteiger charge is -2.26. The maximum atomic E-state index is 14.4. The molecular weight excluding hydrogens is 767 g/mol. The van der Waals surface area contributed by atoms with E-state index in [9.17, 15) is 22.8 Å². The Morgan fingerprint density at radius 3 is 2.49 bits per heavy atom. The zero-order chi connectivity index (χ0) is 32.5. The summed E-state index contributed by atoms with van der Waals surface area (Å²) in [6.45, 7) is 1.36. The number of esters is 1. The maximum Gasteiger partial charge on any atom is 0.434 e. The standard InChI is InChI=1S/C31H22Cl2F3IN2O5S/c1-3-43-29(41)24-25(16-8-10-19(32)11-9-16)39-28(40)23(45-30(39)38-27(24)31(34,35)36)13-18-12-20(37)14-22(42-2)26(18)44-15-17-6-4-5-7-21(17)33/h4-14,25H,3,15H2,1-2H3/b23-13-/t25-/m1/s1. The van der Waals surface area contributed by atoms with Gasteiger partial charge in [0.25, 0.3) is 5.56 Å². The van der Waals surface area contributed by atoms with Crippen LogP contribution in [0.25, 0.3) is 6.08 Å². The van der Waals surface area contributed by atoms with Gasteiger partial charge in [-0.05, 0) is 71.5 Å². The number of hydrogen-bond donors (Lipinski definition) is 0. The molecule has 0 aliphatic carbocycles. The molecule has 14 heteroatoms. The van der Waals surface area contributed by atoms with Crippen LogP contribution in [-0.2, 0) is 16.1 Å². The number of fused-ring (bicyclic) bond motifs is 1. The molecule has 45 heavy (non-hydrogen) atoms. The van der Waals surface area contributed by atoms with Gasteiger partial charge in [-0.1, -0.05) is 64.9 Å². The lowest BCUT2D eigenvalue weighted by atomic mass is 9.95. The molecule has 5 rings (SSSR count). The summed E-state index contributed by atoms with van der Waals surface area (Å²) in [5.74, 6) is -0.572. The number of ether oxygens (including phenoxy) is 3. The fraction of sp³-hybridized carbons (Fsp3) is 0.194. The highest BCUT2D eigenvalue weighted by Gasteiger charge is 2.45. The molecule has 7 nitrogen and oxygen atoms in total. The van der Waals surface area contributed by atoms with Crippen molar-refractivity contribution >= 4 is 69.2 Å². The number of aromatic nitrogens is 1. The first-order chi connectivity index (χ1) is 21.4. The molecule has 0 bridgehead atoms. The third kappa shape index (κ3) is 6.93. The number of benzene rings is 3. The molecule has 0 radical (unpaired) electrons. The van der Waals surface area contributed by atoms with Crippen LogP contribution in [0.5, 0.6) is 11.5 Å². The Morgan fingerprint density at radius 1 is 1.13 bits per heavy atom. The van der Waals surface area contributed by atoms with Crippen LogP contribution in [-0.4, -0.2) is 30.4 Å². The Morgan fingerprint density at radius 2 is 1.84 bits per heavy atom. The normalized spacial score (nSPS) is 15.0. The molecule has 234 valence electrons. The molecule has 3 aromatic carbocycles. The van der Waals surface area contributed by atoms with Gasteiger partial charge in [0.05, 0.1) is 29.9 Å². The van der Waals surface area contributed by atoms with Gasteiger partial charge < -0.3 is 14.2 Å². The van der Waals surface area contributed by atoms with Crippen LogP contribution in [0, 0.1) is 3.57 Å². The first-order valence-electron chi connectivity index (χ1n) is 13.2. The van der Waals surface area contributed by atoms with E-state index in [4.69, 9.17) is 37.4 Å². The molecule has 0 N–H and O–H groups in total. The van der Waals surface area contributed by atoms with Crippen LogP contribution >= 0.6 is 57.1 Å². The van der Waals surface area contributed by atoms with Crippen LogP contribution in [0.2, 0.25) is 10.0 Å². The summed E-state index contributed by atoms with van der Waals surface area (Å²) in [6, 6.07) is 15.0. The van der Waals surface area contributed by atoms with Gasteiger partial charge in [-0.25, -0.2) is 9.79 Å². The van der Waals surface area contributed by atoms with Gasteiger partial charge in [-0.2, -0.15) is 13.2 Å². The zero-order valence-corrected chi connectivity index (χ0v) is 27.9. The molecule has 0 unspecified atom stereocenters. The van der Waals surface area contributed by atoms with Gasteiger partial charge in [-0.15, -0.1) is 0 Å². The molecule has 1 aliphatic heterocycles. The van der Waals surface area contributed by atoms with Gasteiger partial charge in [0.1, 0.15) is 6.61 Å². The number of carbonyl (C=O) groups is 1. The minimum Gasteiger partial charge on any atom is -0.493 e. The maximum absolute atomic E-state index is 14.4. The molecule has 0 amide bonds. The molecule has 1 atom stereocenters. The third-order valence-corrected chi connectivity index (χ3v) is 8.89. The molecule has 4 aromatic rings. The van der Waals surface area contributed by atoms with Crippen LogP contribution < -0.4 is 24.4 Å². The van der Waals surface area contributed by atoms with Crippen molar-refractivity contribution in [2.75, 3.05) is 13.7 Å². The molecular formula is C31H22Cl2F3IN2O5S. The first kappa shape index (κ1) is 33.0. The lowest BCUT2D eigenvalue weighted by molar-refractivity contribution is -0.140. The molecule has 1 aromatic heterocycles. The van der Waals surface area contributed by atoms with Crippen LogP contribution in [0.3, 0.4) is 0 Å². The summed E-state index contributed by atoms with van der Waals surface area (Å²) >= 11 is 15.2. The second-order valence-electron chi connectivity index (χ2n) is 9.52. The highest BCUT2D eigenvalue weighted by Crippen LogP contribution is 2.39. The van der Waals surface area contributed by atoms with E-state index in [0.29, 0.717) is 32.7 Å². The van der Waals surface area contributed by atoms with Gasteiger partial charge >= 0.3 is 12.1 Å². The molecule has 1 aliphatic rings. The van der Waals surface area contributed by atoms with E-state index in [-0.39, 0.29) is 28.1 Å². The summed E-state index contributed by atoms with van der Waals surface area (Å²) < 4.78 is 61.8. The summed E-state index contributed by atoms with van der Waals surface area (Å²) in [4.78, 5) is 30.6. The van der Waals surface area contributed by atoms with E-state index in [1.54, 1.807) is 30.3 Å². The van der Waals surface area contributed by atoms with Crippen molar-refractivity contribution in [2.24, 2.45) is 4.99 Å². The van der Waals surface area contributed by atoms with E-state index in [2.05, 4.69) is 27.6 Å². The average molecular weight is 789 g/mol. The van der Waals surface area contributed by atoms with Gasteiger partial charge in [0, 0.05) is 24.7 Å². The zero-order valence-electron chi connectivity index (χ0n) is 23.5. The largest absolute Gasteiger partial charge is 0.493 e. The topological polar surface area (TPSA) is 79.1 Å². The fourth-order valence-electron chi connectivity index (χ4n) is 4.71. The van der Waals surface area contributed by atoms with Crippen molar-refractivity contribution in [1.29, 1.82) is 0 Å². The number of rotatable bonds is 8. The van der Waals surface area contributed by atoms with Crippen molar-refractivity contribution in [2.45, 2.75) is 25.7 Å². The second kappa shape index (κ2) is 13.6. The predicted molar refractivity (Wildman–Crippen MR) is 174 cm³/mol. The average Bonchev–Trinajstić information content (AvgIpc) is 3.30. The van der Waals surface area contributed by atoms with Crippen molar-refractivity contribution in [3.63, 3.8) is 0 Å². The molecule has 2 heterocycles. The Bertz CT molecular complexity index is 1990. The van der Waals surface area contributed by atoms with Crippen molar-refractivity contribution in [3.8, 4) is 11.5 Å². The van der Waals surface area contributed by atoms with E-state index in [1.807, 2.05) is 6.07 Å². The van der Waals surface area contributed by atoms with Crippen LogP contribution in [0.15, 0.2) is 81.7 Å². The third-order valence-electron chi connectivity index (χ3n) is 6.67. The Labute approximate surface area is 282 Å². The van der Waals surface area contributed by atoms with Crippen molar-refractivity contribution in [1.82, 2.24) is 4.57 Å². The molecule has 0 saturated carbocycles. The summed E-state index contributed by atoms with van der Waals surface area (Å²) in [5, 5.41) is 0.817. The van der Waals surface area contributed by atoms with Gasteiger partial charge in [0.15, 0.2) is 22.0 Å². The SMILES string of the molecule is CCOC(=O)C1=C(C(F)(F)F)N=c2s/c(=C\c3cc(I)cc(OC)c3OCc3ccccc3Cl)c(=O)n2[C@@H]1c1ccc(Cl)cc1. The quantitative estimate of drug-likeness (QED) is 0.145. The number of allylic oxidation sites excluding steroid dienone is 1. The Hall–Kier alpha value is -3.33. The Balaban J connectivity index is 1.74. The monoisotopic (exact) mass is 788 g/mol. The summed E-state index contributed by atoms with van der Waals surface area (Å²) in [6.07, 6.45) is -3.53. The Kier molecular flexibility index (Phi) is 9.97. The summed E-state index contributed by atoms with van der Waals surface area (Å²) in [5.41, 5.74) is -1.55. The molecule has 0 spiro atoms. The van der Waals surface area contributed by atoms with E-state index in [1.165, 1.54) is 44.4 Å². The van der Waals surface area contributed by atoms with Gasteiger partial charge in [-0.3, -0.25) is 9.36 Å². The van der Waals surface area contributed by atoms with Gasteiger partial charge in [0.2, 0.25) is 0 Å². The molecule has 0 saturated heterocycles.